The molecule has 1 saturated heterocycles. The summed E-state index contributed by atoms with van der Waals surface area (Å²) in [6, 6.07) is 13.8. The van der Waals surface area contributed by atoms with E-state index in [0.29, 0.717) is 17.1 Å². The highest BCUT2D eigenvalue weighted by molar-refractivity contribution is 6.46. The van der Waals surface area contributed by atoms with Gasteiger partial charge in [0.1, 0.15) is 5.76 Å². The van der Waals surface area contributed by atoms with Gasteiger partial charge in [0, 0.05) is 17.1 Å². The molecule has 0 radical (unpaired) electrons. The van der Waals surface area contributed by atoms with Gasteiger partial charge in [0.05, 0.1) is 11.6 Å². The fourth-order valence-electron chi connectivity index (χ4n) is 3.40. The second-order valence-corrected chi connectivity index (χ2v) is 7.03. The molecule has 1 heterocycles. The summed E-state index contributed by atoms with van der Waals surface area (Å²) in [5, 5.41) is 11.4. The van der Waals surface area contributed by atoms with Crippen LogP contribution in [-0.2, 0) is 16.0 Å². The van der Waals surface area contributed by atoms with Crippen molar-refractivity contribution in [1.29, 1.82) is 0 Å². The molecule has 0 aliphatic carbocycles. The number of aryl methyl sites for hydroxylation is 1. The summed E-state index contributed by atoms with van der Waals surface area (Å²) < 4.78 is 0. The summed E-state index contributed by atoms with van der Waals surface area (Å²) in [5.74, 6) is -1.40. The van der Waals surface area contributed by atoms with Crippen molar-refractivity contribution in [3.05, 3.63) is 75.8 Å². The quantitative estimate of drug-likeness (QED) is 0.461. The van der Waals surface area contributed by atoms with Crippen LogP contribution in [0.2, 0.25) is 5.02 Å². The minimum absolute atomic E-state index is 0.125. The van der Waals surface area contributed by atoms with Crippen LogP contribution in [0.1, 0.15) is 43.0 Å². The fourth-order valence-corrected chi connectivity index (χ4v) is 3.52. The van der Waals surface area contributed by atoms with Gasteiger partial charge >= 0.3 is 0 Å². The summed E-state index contributed by atoms with van der Waals surface area (Å²) in [6.45, 7) is 4.47. The Bertz CT molecular complexity index is 885. The lowest BCUT2D eigenvalue weighted by atomic mass is 9.94. The molecule has 1 unspecified atom stereocenters. The van der Waals surface area contributed by atoms with Gasteiger partial charge in [-0.05, 0) is 48.2 Å². The lowest BCUT2D eigenvalue weighted by Gasteiger charge is -2.25. The lowest BCUT2D eigenvalue weighted by molar-refractivity contribution is -0.139. The van der Waals surface area contributed by atoms with Crippen molar-refractivity contribution in [2.45, 2.75) is 32.7 Å². The third-order valence-corrected chi connectivity index (χ3v) is 5.08. The molecule has 0 saturated carbocycles. The molecule has 1 atom stereocenters. The summed E-state index contributed by atoms with van der Waals surface area (Å²) in [7, 11) is 0. The number of likely N-dealkylation sites (tertiary alicyclic amines) is 1. The third kappa shape index (κ3) is 3.62. The molecule has 27 heavy (non-hydrogen) atoms. The van der Waals surface area contributed by atoms with Crippen LogP contribution in [0.5, 0.6) is 0 Å². The third-order valence-electron chi connectivity index (χ3n) is 4.83. The van der Waals surface area contributed by atoms with Gasteiger partial charge in [0.15, 0.2) is 0 Å². The van der Waals surface area contributed by atoms with Crippen LogP contribution < -0.4 is 0 Å². The highest BCUT2D eigenvalue weighted by Gasteiger charge is 2.45. The number of rotatable bonds is 5. The highest BCUT2D eigenvalue weighted by Crippen LogP contribution is 2.39. The molecule has 0 aromatic heterocycles. The van der Waals surface area contributed by atoms with E-state index in [1.807, 2.05) is 31.2 Å². The Hall–Kier alpha value is -2.59. The van der Waals surface area contributed by atoms with Crippen LogP contribution in [0.15, 0.2) is 54.1 Å². The van der Waals surface area contributed by atoms with E-state index in [-0.39, 0.29) is 11.3 Å². The van der Waals surface area contributed by atoms with Gasteiger partial charge in [-0.3, -0.25) is 9.59 Å². The number of benzene rings is 2. The summed E-state index contributed by atoms with van der Waals surface area (Å²) in [6.07, 6.45) is 1.62. The van der Waals surface area contributed by atoms with Crippen LogP contribution in [-0.4, -0.2) is 28.2 Å². The zero-order valence-corrected chi connectivity index (χ0v) is 16.2. The minimum atomic E-state index is -0.652. The zero-order chi connectivity index (χ0) is 19.6. The number of halogens is 1. The van der Waals surface area contributed by atoms with Crippen LogP contribution in [0.3, 0.4) is 0 Å². The van der Waals surface area contributed by atoms with Gasteiger partial charge in [-0.2, -0.15) is 0 Å². The molecular weight excluding hydrogens is 362 g/mol. The number of carbonyl (C=O) groups excluding carboxylic acids is 2. The average molecular weight is 384 g/mol. The minimum Gasteiger partial charge on any atom is -0.507 e. The average Bonchev–Trinajstić information content (AvgIpc) is 2.93. The van der Waals surface area contributed by atoms with Crippen molar-refractivity contribution in [1.82, 2.24) is 4.90 Å². The predicted molar refractivity (Wildman–Crippen MR) is 107 cm³/mol. The second kappa shape index (κ2) is 7.97. The Labute approximate surface area is 164 Å². The first kappa shape index (κ1) is 19.2. The largest absolute Gasteiger partial charge is 0.507 e. The standard InChI is InChI=1S/C22H22ClNO3/c1-3-13-24-19(15-7-5-14(4-2)6-8-15)18(21(26)22(24)27)20(25)16-9-11-17(23)12-10-16/h5-12,19,25H,3-4,13H2,1-2H3/b20-18-. The van der Waals surface area contributed by atoms with Crippen LogP contribution >= 0.6 is 11.6 Å². The van der Waals surface area contributed by atoms with Gasteiger partial charge in [-0.15, -0.1) is 0 Å². The van der Waals surface area contributed by atoms with E-state index in [9.17, 15) is 14.7 Å². The van der Waals surface area contributed by atoms with Crippen molar-refractivity contribution in [2.75, 3.05) is 6.54 Å². The fraction of sp³-hybridized carbons (Fsp3) is 0.273. The van der Waals surface area contributed by atoms with Gasteiger partial charge in [0.2, 0.25) is 0 Å². The van der Waals surface area contributed by atoms with E-state index in [2.05, 4.69) is 6.92 Å². The molecular formula is C22H22ClNO3. The van der Waals surface area contributed by atoms with Crippen molar-refractivity contribution >= 4 is 29.1 Å². The van der Waals surface area contributed by atoms with Crippen molar-refractivity contribution in [3.8, 4) is 0 Å². The molecule has 0 bridgehead atoms. The molecule has 3 rings (SSSR count). The number of carbonyl (C=O) groups is 2. The monoisotopic (exact) mass is 383 g/mol. The summed E-state index contributed by atoms with van der Waals surface area (Å²) >= 11 is 5.92. The normalized spacial score (nSPS) is 18.9. The van der Waals surface area contributed by atoms with Crippen molar-refractivity contribution in [2.24, 2.45) is 0 Å². The Balaban J connectivity index is 2.15. The van der Waals surface area contributed by atoms with E-state index >= 15 is 0 Å². The topological polar surface area (TPSA) is 57.6 Å². The van der Waals surface area contributed by atoms with Crippen LogP contribution in [0, 0.1) is 0 Å². The molecule has 4 nitrogen and oxygen atoms in total. The van der Waals surface area contributed by atoms with E-state index < -0.39 is 17.7 Å². The Kier molecular flexibility index (Phi) is 5.66. The molecule has 1 aliphatic heterocycles. The molecule has 5 heteroatoms. The van der Waals surface area contributed by atoms with Gasteiger partial charge in [-0.25, -0.2) is 0 Å². The maximum Gasteiger partial charge on any atom is 0.295 e. The van der Waals surface area contributed by atoms with Crippen molar-refractivity contribution < 1.29 is 14.7 Å². The van der Waals surface area contributed by atoms with Gasteiger partial charge < -0.3 is 10.0 Å². The lowest BCUT2D eigenvalue weighted by Crippen LogP contribution is -2.30. The van der Waals surface area contributed by atoms with Gasteiger partial charge in [0.25, 0.3) is 11.7 Å². The number of amides is 1. The van der Waals surface area contributed by atoms with Crippen LogP contribution in [0.25, 0.3) is 5.76 Å². The first-order valence-corrected chi connectivity index (χ1v) is 9.48. The summed E-state index contributed by atoms with van der Waals surface area (Å²) in [4.78, 5) is 26.9. The molecule has 2 aromatic rings. The Morgan fingerprint density at radius 3 is 2.22 bits per heavy atom. The Morgan fingerprint density at radius 1 is 1.04 bits per heavy atom. The molecule has 2 aromatic carbocycles. The molecule has 1 N–H and O–H groups in total. The molecule has 1 fully saturated rings. The van der Waals surface area contributed by atoms with Crippen LogP contribution in [0.4, 0.5) is 0 Å². The van der Waals surface area contributed by atoms with Gasteiger partial charge in [-0.1, -0.05) is 49.7 Å². The molecule has 1 aliphatic rings. The number of aliphatic hydroxyl groups is 1. The summed E-state index contributed by atoms with van der Waals surface area (Å²) in [5.41, 5.74) is 2.57. The predicted octanol–water partition coefficient (Wildman–Crippen LogP) is 4.73. The van der Waals surface area contributed by atoms with E-state index in [0.717, 1.165) is 18.4 Å². The van der Waals surface area contributed by atoms with Crippen molar-refractivity contribution in [3.63, 3.8) is 0 Å². The number of ketones is 1. The number of nitrogens with zero attached hydrogens (tertiary/aromatic N) is 1. The first-order valence-electron chi connectivity index (χ1n) is 9.11. The van der Waals surface area contributed by atoms with E-state index in [4.69, 9.17) is 11.6 Å². The molecule has 1 amide bonds. The highest BCUT2D eigenvalue weighted by atomic mass is 35.5. The number of aliphatic hydroxyl groups excluding tert-OH is 1. The maximum absolute atomic E-state index is 12.7. The Morgan fingerprint density at radius 2 is 1.67 bits per heavy atom. The number of Topliss-reactive ketones (excluding diaryl/α,β-unsaturated/α-hetero) is 1. The molecule has 140 valence electrons. The van der Waals surface area contributed by atoms with E-state index in [1.54, 1.807) is 29.2 Å². The zero-order valence-electron chi connectivity index (χ0n) is 15.4. The van der Waals surface area contributed by atoms with E-state index in [1.165, 1.54) is 5.56 Å². The smallest absolute Gasteiger partial charge is 0.295 e. The number of hydrogen-bond donors (Lipinski definition) is 1. The number of hydrogen-bond acceptors (Lipinski definition) is 3. The SMILES string of the molecule is CCCN1C(=O)C(=O)/C(=C(\O)c2ccc(Cl)cc2)C1c1ccc(CC)cc1. The maximum atomic E-state index is 12.7. The first-order chi connectivity index (χ1) is 13.0. The molecule has 0 spiro atoms. The second-order valence-electron chi connectivity index (χ2n) is 6.59.